The highest BCUT2D eigenvalue weighted by atomic mass is 32.2. The molecule has 2 aliphatic heterocycles. The van der Waals surface area contributed by atoms with Crippen molar-refractivity contribution in [3.05, 3.63) is 78.4 Å². The summed E-state index contributed by atoms with van der Waals surface area (Å²) in [4.78, 5) is 14.4. The molecule has 3 aromatic carbocycles. The Hall–Kier alpha value is -3.12. The Kier molecular flexibility index (Phi) is 4.33. The molecule has 1 amide bonds. The molecule has 2 aliphatic rings. The standard InChI is InChI=1S/C22H17NO4S/c24-21-13-28-22(15-6-11-19-20(12-15)26-14-25-19)23(21)16-7-9-18(10-8-16)27-17-4-2-1-3-5-17/h1-12,22H,13-14H2/t22-/m0/s1. The van der Waals surface area contributed by atoms with E-state index >= 15 is 0 Å². The van der Waals surface area contributed by atoms with Crippen molar-refractivity contribution in [1.29, 1.82) is 0 Å². The quantitative estimate of drug-likeness (QED) is 0.627. The molecule has 0 spiro atoms. The lowest BCUT2D eigenvalue weighted by Crippen LogP contribution is -2.27. The molecule has 140 valence electrons. The SMILES string of the molecule is O=C1CS[C@@H](c2ccc3c(c2)OCO3)N1c1ccc(Oc2ccccc2)cc1. The van der Waals surface area contributed by atoms with E-state index in [4.69, 9.17) is 14.2 Å². The van der Waals surface area contributed by atoms with Crippen molar-refractivity contribution in [2.24, 2.45) is 0 Å². The Balaban J connectivity index is 1.40. The van der Waals surface area contributed by atoms with Crippen LogP contribution >= 0.6 is 11.8 Å². The van der Waals surface area contributed by atoms with Crippen LogP contribution in [0.2, 0.25) is 0 Å². The van der Waals surface area contributed by atoms with E-state index < -0.39 is 0 Å². The first-order chi connectivity index (χ1) is 13.8. The number of amides is 1. The third-order valence-electron chi connectivity index (χ3n) is 4.64. The number of hydrogen-bond acceptors (Lipinski definition) is 5. The fraction of sp³-hybridized carbons (Fsp3) is 0.136. The van der Waals surface area contributed by atoms with Crippen LogP contribution in [0.15, 0.2) is 72.8 Å². The minimum atomic E-state index is -0.0945. The fourth-order valence-electron chi connectivity index (χ4n) is 3.32. The van der Waals surface area contributed by atoms with Gasteiger partial charge in [0.25, 0.3) is 0 Å². The zero-order chi connectivity index (χ0) is 18.9. The van der Waals surface area contributed by atoms with Crippen LogP contribution < -0.4 is 19.1 Å². The topological polar surface area (TPSA) is 48.0 Å². The molecular weight excluding hydrogens is 374 g/mol. The number of ether oxygens (including phenoxy) is 3. The summed E-state index contributed by atoms with van der Waals surface area (Å²) in [6, 6.07) is 23.1. The van der Waals surface area contributed by atoms with Gasteiger partial charge in [0.2, 0.25) is 12.7 Å². The van der Waals surface area contributed by atoms with Gasteiger partial charge in [0.1, 0.15) is 16.9 Å². The van der Waals surface area contributed by atoms with E-state index in [-0.39, 0.29) is 18.1 Å². The first-order valence-electron chi connectivity index (χ1n) is 8.94. The van der Waals surface area contributed by atoms with Crippen LogP contribution in [0, 0.1) is 0 Å². The molecule has 1 fully saturated rings. The number of hydrogen-bond donors (Lipinski definition) is 0. The van der Waals surface area contributed by atoms with Crippen molar-refractivity contribution in [2.75, 3.05) is 17.4 Å². The Labute approximate surface area is 166 Å². The van der Waals surface area contributed by atoms with Gasteiger partial charge in [-0.1, -0.05) is 24.3 Å². The summed E-state index contributed by atoms with van der Waals surface area (Å²) in [7, 11) is 0. The molecule has 0 saturated carbocycles. The number of benzene rings is 3. The summed E-state index contributed by atoms with van der Waals surface area (Å²) < 4.78 is 16.7. The minimum absolute atomic E-state index is 0.0874. The fourth-order valence-corrected chi connectivity index (χ4v) is 4.48. The largest absolute Gasteiger partial charge is 0.457 e. The highest BCUT2D eigenvalue weighted by molar-refractivity contribution is 8.00. The molecule has 1 atom stereocenters. The number of fused-ring (bicyclic) bond motifs is 1. The molecule has 1 saturated heterocycles. The van der Waals surface area contributed by atoms with Crippen molar-refractivity contribution in [2.45, 2.75) is 5.37 Å². The zero-order valence-corrected chi connectivity index (χ0v) is 15.7. The predicted molar refractivity (Wildman–Crippen MR) is 108 cm³/mol. The van der Waals surface area contributed by atoms with E-state index in [0.717, 1.165) is 34.2 Å². The summed E-state index contributed by atoms with van der Waals surface area (Å²) in [6.45, 7) is 0.238. The van der Waals surface area contributed by atoms with E-state index in [2.05, 4.69) is 0 Å². The molecule has 0 radical (unpaired) electrons. The first-order valence-corrected chi connectivity index (χ1v) is 9.99. The highest BCUT2D eigenvalue weighted by Gasteiger charge is 2.34. The molecule has 6 heteroatoms. The van der Waals surface area contributed by atoms with E-state index in [1.807, 2.05) is 77.7 Å². The molecule has 0 aliphatic carbocycles. The van der Waals surface area contributed by atoms with Crippen molar-refractivity contribution in [3.63, 3.8) is 0 Å². The van der Waals surface area contributed by atoms with Gasteiger partial charge in [-0.05, 0) is 54.1 Å². The molecule has 28 heavy (non-hydrogen) atoms. The van der Waals surface area contributed by atoms with Gasteiger partial charge in [-0.25, -0.2) is 0 Å². The van der Waals surface area contributed by atoms with E-state index in [0.29, 0.717) is 5.75 Å². The average Bonchev–Trinajstić information content (AvgIpc) is 3.35. The molecule has 0 N–H and O–H groups in total. The maximum Gasteiger partial charge on any atom is 0.238 e. The van der Waals surface area contributed by atoms with Gasteiger partial charge in [-0.2, -0.15) is 0 Å². The molecule has 0 aromatic heterocycles. The van der Waals surface area contributed by atoms with Gasteiger partial charge >= 0.3 is 0 Å². The van der Waals surface area contributed by atoms with Crippen LogP contribution in [-0.2, 0) is 4.79 Å². The Morgan fingerprint density at radius 1 is 0.893 bits per heavy atom. The number of rotatable bonds is 4. The van der Waals surface area contributed by atoms with Crippen LogP contribution in [0.4, 0.5) is 5.69 Å². The molecule has 5 nitrogen and oxygen atoms in total. The smallest absolute Gasteiger partial charge is 0.238 e. The first kappa shape index (κ1) is 17.0. The normalized spacial score (nSPS) is 17.8. The van der Waals surface area contributed by atoms with E-state index in [1.165, 1.54) is 0 Å². The second-order valence-corrected chi connectivity index (χ2v) is 7.52. The highest BCUT2D eigenvalue weighted by Crippen LogP contribution is 2.45. The van der Waals surface area contributed by atoms with Crippen LogP contribution in [0.1, 0.15) is 10.9 Å². The molecule has 5 rings (SSSR count). The molecule has 3 aromatic rings. The van der Waals surface area contributed by atoms with Gasteiger partial charge in [-0.3, -0.25) is 9.69 Å². The summed E-state index contributed by atoms with van der Waals surface area (Å²) in [5, 5.41) is -0.0945. The Morgan fingerprint density at radius 3 is 2.46 bits per heavy atom. The van der Waals surface area contributed by atoms with Crippen LogP contribution in [0.25, 0.3) is 0 Å². The van der Waals surface area contributed by atoms with E-state index in [1.54, 1.807) is 11.8 Å². The second kappa shape index (κ2) is 7.13. The number of carbonyl (C=O) groups is 1. The van der Waals surface area contributed by atoms with Crippen molar-refractivity contribution >= 4 is 23.4 Å². The van der Waals surface area contributed by atoms with Crippen molar-refractivity contribution in [3.8, 4) is 23.0 Å². The van der Waals surface area contributed by atoms with Gasteiger partial charge in [0.15, 0.2) is 11.5 Å². The third-order valence-corrected chi connectivity index (χ3v) is 5.86. The second-order valence-electron chi connectivity index (χ2n) is 6.45. The summed E-state index contributed by atoms with van der Waals surface area (Å²) in [5.74, 6) is 3.51. The predicted octanol–water partition coefficient (Wildman–Crippen LogP) is 4.99. The Morgan fingerprint density at radius 2 is 1.64 bits per heavy atom. The minimum Gasteiger partial charge on any atom is -0.457 e. The molecule has 0 unspecified atom stereocenters. The number of anilines is 1. The van der Waals surface area contributed by atoms with Crippen LogP contribution in [-0.4, -0.2) is 18.5 Å². The van der Waals surface area contributed by atoms with Crippen LogP contribution in [0.3, 0.4) is 0 Å². The van der Waals surface area contributed by atoms with Crippen LogP contribution in [0.5, 0.6) is 23.0 Å². The molecular formula is C22H17NO4S. The van der Waals surface area contributed by atoms with Crippen molar-refractivity contribution in [1.82, 2.24) is 0 Å². The molecule has 2 heterocycles. The number of nitrogens with zero attached hydrogens (tertiary/aromatic N) is 1. The summed E-state index contributed by atoms with van der Waals surface area (Å²) in [6.07, 6.45) is 0. The lowest BCUT2D eigenvalue weighted by molar-refractivity contribution is -0.115. The maximum atomic E-state index is 12.6. The average molecular weight is 391 g/mol. The van der Waals surface area contributed by atoms with Gasteiger partial charge in [-0.15, -0.1) is 11.8 Å². The molecule has 0 bridgehead atoms. The monoisotopic (exact) mass is 391 g/mol. The summed E-state index contributed by atoms with van der Waals surface area (Å²) in [5.41, 5.74) is 1.86. The lowest BCUT2D eigenvalue weighted by Gasteiger charge is -2.24. The lowest BCUT2D eigenvalue weighted by atomic mass is 10.1. The third kappa shape index (κ3) is 3.16. The zero-order valence-electron chi connectivity index (χ0n) is 14.9. The number of para-hydroxylation sites is 1. The number of thioether (sulfide) groups is 1. The van der Waals surface area contributed by atoms with Gasteiger partial charge in [0, 0.05) is 5.69 Å². The van der Waals surface area contributed by atoms with Gasteiger partial charge in [0.05, 0.1) is 5.75 Å². The Bertz CT molecular complexity index is 1010. The van der Waals surface area contributed by atoms with Gasteiger partial charge < -0.3 is 14.2 Å². The maximum absolute atomic E-state index is 12.6. The van der Waals surface area contributed by atoms with E-state index in [9.17, 15) is 4.79 Å². The van der Waals surface area contributed by atoms with Crippen molar-refractivity contribution < 1.29 is 19.0 Å². The summed E-state index contributed by atoms with van der Waals surface area (Å²) >= 11 is 1.61. The number of carbonyl (C=O) groups excluding carboxylic acids is 1.